The van der Waals surface area contributed by atoms with E-state index in [1.165, 1.54) is 43.6 Å². The first-order valence-electron chi connectivity index (χ1n) is 16.4. The third kappa shape index (κ3) is 2.92. The Hall–Kier alpha value is -6.52. The van der Waals surface area contributed by atoms with Gasteiger partial charge in [0.1, 0.15) is 22.3 Å². The average Bonchev–Trinajstić information content (AvgIpc) is 3.66. The SMILES string of the molecule is c1ccc2c(c1)c1ccccc1n2-c1ccc2oc3ccc4c(-n5c6ccccc6c6ccccc65)ccc5oc6ccc1c2c6-c3c54. The molecule has 0 amide bonds. The van der Waals surface area contributed by atoms with Crippen LogP contribution in [-0.4, -0.2) is 9.13 Å². The van der Waals surface area contributed by atoms with Gasteiger partial charge in [0, 0.05) is 54.2 Å². The molecule has 0 unspecified atom stereocenters. The van der Waals surface area contributed by atoms with Crippen molar-refractivity contribution in [2.45, 2.75) is 0 Å². The van der Waals surface area contributed by atoms with Crippen molar-refractivity contribution >= 4 is 87.5 Å². The molecule has 4 heterocycles. The lowest BCUT2D eigenvalue weighted by Crippen LogP contribution is -2.00. The van der Waals surface area contributed by atoms with Gasteiger partial charge in [-0.15, -0.1) is 0 Å². The molecule has 2 aliphatic rings. The highest BCUT2D eigenvalue weighted by atomic mass is 16.3. The molecule has 12 rings (SSSR count). The maximum atomic E-state index is 6.79. The van der Waals surface area contributed by atoms with Crippen molar-refractivity contribution in [1.29, 1.82) is 0 Å². The van der Waals surface area contributed by atoms with Gasteiger partial charge in [-0.25, -0.2) is 0 Å². The summed E-state index contributed by atoms with van der Waals surface area (Å²) >= 11 is 0. The quantitative estimate of drug-likeness (QED) is 0.144. The van der Waals surface area contributed by atoms with Gasteiger partial charge in [0.15, 0.2) is 0 Å². The molecule has 2 aliphatic heterocycles. The number of hydrogen-bond donors (Lipinski definition) is 0. The van der Waals surface area contributed by atoms with E-state index in [2.05, 4.69) is 155 Å². The first-order chi connectivity index (χ1) is 23.8. The molecule has 0 radical (unpaired) electrons. The van der Waals surface area contributed by atoms with Crippen molar-refractivity contribution in [2.75, 3.05) is 0 Å². The summed E-state index contributed by atoms with van der Waals surface area (Å²) in [6.45, 7) is 0. The summed E-state index contributed by atoms with van der Waals surface area (Å²) in [5, 5.41) is 9.40. The summed E-state index contributed by atoms with van der Waals surface area (Å²) < 4.78 is 18.4. The lowest BCUT2D eigenvalue weighted by atomic mass is 9.89. The Morgan fingerprint density at radius 2 is 0.625 bits per heavy atom. The number of nitrogens with zero attached hydrogens (tertiary/aromatic N) is 2. The molecule has 4 heteroatoms. The Bertz CT molecular complexity index is 2910. The Balaban J connectivity index is 1.21. The maximum absolute atomic E-state index is 6.79. The number of para-hydroxylation sites is 4. The van der Waals surface area contributed by atoms with Crippen molar-refractivity contribution in [3.63, 3.8) is 0 Å². The van der Waals surface area contributed by atoms with Crippen LogP contribution in [0.1, 0.15) is 0 Å². The fraction of sp³-hybridized carbons (Fsp3) is 0. The largest absolute Gasteiger partial charge is 0.456 e. The van der Waals surface area contributed by atoms with Crippen LogP contribution in [0, 0.1) is 0 Å². The summed E-state index contributed by atoms with van der Waals surface area (Å²) in [5.74, 6) is 0. The molecule has 222 valence electrons. The maximum Gasteiger partial charge on any atom is 0.136 e. The van der Waals surface area contributed by atoms with E-state index in [9.17, 15) is 0 Å². The molecule has 4 nitrogen and oxygen atoms in total. The van der Waals surface area contributed by atoms with Gasteiger partial charge >= 0.3 is 0 Å². The number of fused-ring (bicyclic) bond motifs is 6. The minimum atomic E-state index is 0.851. The zero-order valence-corrected chi connectivity index (χ0v) is 25.6. The second-order valence-electron chi connectivity index (χ2n) is 12.8. The monoisotopic (exact) mass is 612 g/mol. The van der Waals surface area contributed by atoms with E-state index in [0.29, 0.717) is 0 Å². The predicted molar refractivity (Wildman–Crippen MR) is 197 cm³/mol. The molecule has 0 spiro atoms. The van der Waals surface area contributed by atoms with Crippen LogP contribution in [0.2, 0.25) is 0 Å². The molecule has 2 aromatic heterocycles. The molecular formula is C44H24N2O2. The Labute approximate surface area is 272 Å². The van der Waals surface area contributed by atoms with Crippen molar-refractivity contribution in [3.8, 4) is 22.5 Å². The van der Waals surface area contributed by atoms with Crippen LogP contribution in [0.25, 0.3) is 110 Å². The first-order valence-corrected chi connectivity index (χ1v) is 16.4. The molecule has 0 bridgehead atoms. The van der Waals surface area contributed by atoms with Crippen LogP contribution in [0.15, 0.2) is 154 Å². The predicted octanol–water partition coefficient (Wildman–Crippen LogP) is 12.2. The molecule has 48 heavy (non-hydrogen) atoms. The van der Waals surface area contributed by atoms with Gasteiger partial charge in [-0.2, -0.15) is 0 Å². The van der Waals surface area contributed by atoms with E-state index >= 15 is 0 Å². The third-order valence-electron chi connectivity index (χ3n) is 10.5. The van der Waals surface area contributed by atoms with Gasteiger partial charge in [0.05, 0.1) is 33.4 Å². The number of rotatable bonds is 2. The normalized spacial score (nSPS) is 12.6. The highest BCUT2D eigenvalue weighted by molar-refractivity contribution is 6.26. The lowest BCUT2D eigenvalue weighted by molar-refractivity contribution is 0.646. The summed E-state index contributed by atoms with van der Waals surface area (Å²) in [6.07, 6.45) is 0. The highest BCUT2D eigenvalue weighted by Crippen LogP contribution is 2.50. The fourth-order valence-electron chi connectivity index (χ4n) is 8.59. The topological polar surface area (TPSA) is 36.1 Å². The van der Waals surface area contributed by atoms with E-state index < -0.39 is 0 Å². The molecule has 0 saturated heterocycles. The standard InChI is InChI=1S/C44H24N2O2/c1-5-13-31-25(9-1)26-10-2-6-14-32(26)45(31)35-19-23-37-41-29(35)17-21-39-43(41)44-40(47-37)22-18-30-36(20-24-38(48-39)42(30)44)46-33-15-7-3-11-27(33)28-12-4-8-16-34(28)46/h1-24H. The molecule has 8 aromatic carbocycles. The molecule has 0 saturated carbocycles. The van der Waals surface area contributed by atoms with Gasteiger partial charge in [0.25, 0.3) is 0 Å². The minimum Gasteiger partial charge on any atom is -0.456 e. The summed E-state index contributed by atoms with van der Waals surface area (Å²) in [4.78, 5) is 0. The van der Waals surface area contributed by atoms with E-state index in [1.807, 2.05) is 0 Å². The summed E-state index contributed by atoms with van der Waals surface area (Å²) in [7, 11) is 0. The third-order valence-corrected chi connectivity index (χ3v) is 10.5. The number of aromatic nitrogens is 2. The molecule has 10 aromatic rings. The summed E-state index contributed by atoms with van der Waals surface area (Å²) in [5.41, 5.74) is 12.6. The van der Waals surface area contributed by atoms with Crippen LogP contribution in [0.4, 0.5) is 0 Å². The average molecular weight is 613 g/mol. The number of hydrogen-bond acceptors (Lipinski definition) is 2. The fourth-order valence-corrected chi connectivity index (χ4v) is 8.59. The lowest BCUT2D eigenvalue weighted by Gasteiger charge is -2.22. The molecular weight excluding hydrogens is 588 g/mol. The molecule has 0 atom stereocenters. The van der Waals surface area contributed by atoms with Gasteiger partial charge in [-0.05, 0) is 72.8 Å². The summed E-state index contributed by atoms with van der Waals surface area (Å²) in [6, 6.07) is 52.0. The van der Waals surface area contributed by atoms with Crippen molar-refractivity contribution < 1.29 is 8.83 Å². The molecule has 0 fully saturated rings. The van der Waals surface area contributed by atoms with Crippen LogP contribution in [0.5, 0.6) is 0 Å². The zero-order valence-electron chi connectivity index (χ0n) is 25.6. The van der Waals surface area contributed by atoms with Gasteiger partial charge in [-0.1, -0.05) is 72.8 Å². The van der Waals surface area contributed by atoms with Gasteiger partial charge in [0.2, 0.25) is 0 Å². The molecule has 0 aliphatic carbocycles. The van der Waals surface area contributed by atoms with E-state index in [0.717, 1.165) is 66.4 Å². The van der Waals surface area contributed by atoms with Crippen LogP contribution in [-0.2, 0) is 0 Å². The Kier molecular flexibility index (Phi) is 4.44. The zero-order chi connectivity index (χ0) is 31.1. The van der Waals surface area contributed by atoms with Crippen molar-refractivity contribution in [2.24, 2.45) is 0 Å². The smallest absolute Gasteiger partial charge is 0.136 e. The Morgan fingerprint density at radius 1 is 0.292 bits per heavy atom. The van der Waals surface area contributed by atoms with E-state index in [4.69, 9.17) is 8.83 Å². The van der Waals surface area contributed by atoms with Crippen molar-refractivity contribution in [3.05, 3.63) is 146 Å². The van der Waals surface area contributed by atoms with Crippen LogP contribution >= 0.6 is 0 Å². The second-order valence-corrected chi connectivity index (χ2v) is 12.8. The van der Waals surface area contributed by atoms with Crippen molar-refractivity contribution in [1.82, 2.24) is 9.13 Å². The number of benzene rings is 8. The molecule has 0 N–H and O–H groups in total. The minimum absolute atomic E-state index is 0.851. The van der Waals surface area contributed by atoms with E-state index in [-0.39, 0.29) is 0 Å². The van der Waals surface area contributed by atoms with Crippen LogP contribution in [0.3, 0.4) is 0 Å². The first kappa shape index (κ1) is 24.7. The van der Waals surface area contributed by atoms with Gasteiger partial charge in [-0.3, -0.25) is 0 Å². The Morgan fingerprint density at radius 3 is 1.00 bits per heavy atom. The van der Waals surface area contributed by atoms with E-state index in [1.54, 1.807) is 0 Å². The van der Waals surface area contributed by atoms with Gasteiger partial charge < -0.3 is 18.0 Å². The second kappa shape index (κ2) is 8.64. The highest BCUT2D eigenvalue weighted by Gasteiger charge is 2.27. The van der Waals surface area contributed by atoms with Crippen LogP contribution < -0.4 is 0 Å².